The van der Waals surface area contributed by atoms with Crippen LogP contribution in [0, 0.1) is 0 Å². The summed E-state index contributed by atoms with van der Waals surface area (Å²) in [5.74, 6) is -0.511. The number of aromatic carboxylic acids is 1. The second-order valence-corrected chi connectivity index (χ2v) is 8.25. The average molecular weight is 400 g/mol. The Hall–Kier alpha value is -2.53. The fourth-order valence-electron chi connectivity index (χ4n) is 4.08. The molecule has 0 bridgehead atoms. The van der Waals surface area contributed by atoms with Gasteiger partial charge >= 0.3 is 5.97 Å². The zero-order chi connectivity index (χ0) is 20.5. The summed E-state index contributed by atoms with van der Waals surface area (Å²) in [7, 11) is 0. The fraction of sp³-hybridized carbons (Fsp3) is 0.364. The Kier molecular flexibility index (Phi) is 5.66. The standard InChI is InChI=1S/C22H26ClN3O2/c1-5-26-20-11-19(23)16(10-18(20)14(2)12-22(26,3)4)13-24-25-17-8-6-15(7-9-17)21(27)28/h6-11,13-14,25H,5,12H2,1-4H3,(H,27,28)/b24-13+. The SMILES string of the molecule is CCN1c2cc(Cl)c(/C=N/Nc3ccc(C(=O)O)cc3)cc2C(C)CC1(C)C. The summed E-state index contributed by atoms with van der Waals surface area (Å²) in [5.41, 5.74) is 7.32. The molecule has 6 heteroatoms. The van der Waals surface area contributed by atoms with Crippen LogP contribution in [0.4, 0.5) is 11.4 Å². The summed E-state index contributed by atoms with van der Waals surface area (Å²) < 4.78 is 0. The number of hydrogen-bond acceptors (Lipinski definition) is 4. The lowest BCUT2D eigenvalue weighted by Gasteiger charge is -2.47. The van der Waals surface area contributed by atoms with Crippen LogP contribution in [0.3, 0.4) is 0 Å². The second kappa shape index (κ2) is 7.84. The molecule has 2 N–H and O–H groups in total. The van der Waals surface area contributed by atoms with Crippen LogP contribution in [0.25, 0.3) is 0 Å². The molecule has 1 atom stereocenters. The maximum absolute atomic E-state index is 10.9. The first-order valence-corrected chi connectivity index (χ1v) is 9.84. The number of hydrazone groups is 1. The maximum Gasteiger partial charge on any atom is 0.335 e. The monoisotopic (exact) mass is 399 g/mol. The second-order valence-electron chi connectivity index (χ2n) is 7.85. The van der Waals surface area contributed by atoms with E-state index >= 15 is 0 Å². The van der Waals surface area contributed by atoms with Crippen LogP contribution in [0.15, 0.2) is 41.5 Å². The number of carboxylic acids is 1. The number of halogens is 1. The van der Waals surface area contributed by atoms with Crippen molar-refractivity contribution in [1.82, 2.24) is 0 Å². The Bertz CT molecular complexity index is 907. The molecule has 2 aromatic carbocycles. The van der Waals surface area contributed by atoms with Crippen LogP contribution in [0.5, 0.6) is 0 Å². The molecule has 0 saturated heterocycles. The largest absolute Gasteiger partial charge is 0.478 e. The summed E-state index contributed by atoms with van der Waals surface area (Å²) >= 11 is 6.55. The molecule has 2 aromatic rings. The maximum atomic E-state index is 10.9. The van der Waals surface area contributed by atoms with Gasteiger partial charge in [0.25, 0.3) is 0 Å². The Morgan fingerprint density at radius 3 is 2.64 bits per heavy atom. The molecule has 0 radical (unpaired) electrons. The van der Waals surface area contributed by atoms with Crippen LogP contribution in [-0.2, 0) is 0 Å². The smallest absolute Gasteiger partial charge is 0.335 e. The minimum absolute atomic E-state index is 0.101. The van der Waals surface area contributed by atoms with E-state index in [2.05, 4.69) is 49.2 Å². The van der Waals surface area contributed by atoms with E-state index in [1.807, 2.05) is 6.07 Å². The van der Waals surface area contributed by atoms with Crippen LogP contribution in [-0.4, -0.2) is 29.4 Å². The summed E-state index contributed by atoms with van der Waals surface area (Å²) in [5, 5.41) is 13.9. The van der Waals surface area contributed by atoms with Gasteiger partial charge in [0.15, 0.2) is 0 Å². The van der Waals surface area contributed by atoms with Gasteiger partial charge in [-0.2, -0.15) is 5.10 Å². The lowest BCUT2D eigenvalue weighted by molar-refractivity contribution is 0.0697. The van der Waals surface area contributed by atoms with Crippen molar-refractivity contribution in [2.45, 2.75) is 45.6 Å². The molecule has 5 nitrogen and oxygen atoms in total. The summed E-state index contributed by atoms with van der Waals surface area (Å²) in [6.07, 6.45) is 2.79. The predicted octanol–water partition coefficient (Wildman–Crippen LogP) is 5.60. The summed E-state index contributed by atoms with van der Waals surface area (Å²) in [6, 6.07) is 10.6. The quantitative estimate of drug-likeness (QED) is 0.507. The van der Waals surface area contributed by atoms with Gasteiger partial charge in [-0.05, 0) is 75.1 Å². The molecule has 1 aliphatic rings. The number of rotatable bonds is 5. The van der Waals surface area contributed by atoms with Crippen LogP contribution in [0.1, 0.15) is 61.5 Å². The number of anilines is 2. The van der Waals surface area contributed by atoms with Gasteiger partial charge in [-0.15, -0.1) is 0 Å². The lowest BCUT2D eigenvalue weighted by atomic mass is 9.79. The molecule has 1 heterocycles. The zero-order valence-corrected chi connectivity index (χ0v) is 17.4. The number of fused-ring (bicyclic) bond motifs is 1. The molecular weight excluding hydrogens is 374 g/mol. The van der Waals surface area contributed by atoms with E-state index in [0.717, 1.165) is 18.5 Å². The van der Waals surface area contributed by atoms with E-state index in [-0.39, 0.29) is 11.1 Å². The minimum Gasteiger partial charge on any atom is -0.478 e. The van der Waals surface area contributed by atoms with Crippen LogP contribution < -0.4 is 10.3 Å². The van der Waals surface area contributed by atoms with Gasteiger partial charge in [0.05, 0.1) is 22.5 Å². The highest BCUT2D eigenvalue weighted by atomic mass is 35.5. The normalized spacial score (nSPS) is 18.2. The number of hydrogen-bond donors (Lipinski definition) is 2. The Labute approximate surface area is 171 Å². The third-order valence-electron chi connectivity index (χ3n) is 5.35. The minimum atomic E-state index is -0.950. The third kappa shape index (κ3) is 3.99. The predicted molar refractivity (Wildman–Crippen MR) is 116 cm³/mol. The highest BCUT2D eigenvalue weighted by Crippen LogP contribution is 2.44. The lowest BCUT2D eigenvalue weighted by Crippen LogP contribution is -2.48. The highest BCUT2D eigenvalue weighted by molar-refractivity contribution is 6.33. The van der Waals surface area contributed by atoms with Crippen molar-refractivity contribution in [1.29, 1.82) is 0 Å². The van der Waals surface area contributed by atoms with Crippen LogP contribution in [0.2, 0.25) is 5.02 Å². The fourth-order valence-corrected chi connectivity index (χ4v) is 4.29. The van der Waals surface area contributed by atoms with E-state index in [1.54, 1.807) is 18.3 Å². The number of nitrogens with one attached hydrogen (secondary N) is 1. The molecule has 28 heavy (non-hydrogen) atoms. The molecule has 0 saturated carbocycles. The van der Waals surface area contributed by atoms with E-state index in [0.29, 0.717) is 16.6 Å². The molecular formula is C22H26ClN3O2. The average Bonchev–Trinajstić information content (AvgIpc) is 2.62. The number of carbonyl (C=O) groups is 1. The van der Waals surface area contributed by atoms with Crippen LogP contribution >= 0.6 is 11.6 Å². The van der Waals surface area contributed by atoms with E-state index in [1.165, 1.54) is 23.4 Å². The van der Waals surface area contributed by atoms with Gasteiger partial charge in [0.1, 0.15) is 0 Å². The summed E-state index contributed by atoms with van der Waals surface area (Å²) in [6.45, 7) is 9.91. The van der Waals surface area contributed by atoms with E-state index in [4.69, 9.17) is 16.7 Å². The van der Waals surface area contributed by atoms with Crippen molar-refractivity contribution >= 4 is 35.2 Å². The first kappa shape index (κ1) is 20.2. The van der Waals surface area contributed by atoms with E-state index < -0.39 is 5.97 Å². The number of benzene rings is 2. The van der Waals surface area contributed by atoms with Crippen molar-refractivity contribution < 1.29 is 9.90 Å². The first-order chi connectivity index (χ1) is 13.2. The molecule has 0 aliphatic carbocycles. The molecule has 0 amide bonds. The van der Waals surface area contributed by atoms with Crippen molar-refractivity contribution in [3.8, 4) is 0 Å². The molecule has 1 unspecified atom stereocenters. The number of nitrogens with zero attached hydrogens (tertiary/aromatic N) is 2. The van der Waals surface area contributed by atoms with Gasteiger partial charge in [0.2, 0.25) is 0 Å². The van der Waals surface area contributed by atoms with Crippen molar-refractivity contribution in [2.24, 2.45) is 5.10 Å². The van der Waals surface area contributed by atoms with Gasteiger partial charge in [-0.3, -0.25) is 5.43 Å². The zero-order valence-electron chi connectivity index (χ0n) is 16.7. The molecule has 1 aliphatic heterocycles. The van der Waals surface area contributed by atoms with Gasteiger partial charge < -0.3 is 10.0 Å². The Morgan fingerprint density at radius 1 is 1.36 bits per heavy atom. The topological polar surface area (TPSA) is 64.9 Å². The third-order valence-corrected chi connectivity index (χ3v) is 5.68. The summed E-state index contributed by atoms with van der Waals surface area (Å²) in [4.78, 5) is 13.3. The molecule has 0 aromatic heterocycles. The number of carboxylic acid groups (broad SMARTS) is 1. The molecule has 3 rings (SSSR count). The molecule has 0 fully saturated rings. The van der Waals surface area contributed by atoms with Gasteiger partial charge in [-0.25, -0.2) is 4.79 Å². The van der Waals surface area contributed by atoms with Gasteiger partial charge in [-0.1, -0.05) is 18.5 Å². The van der Waals surface area contributed by atoms with E-state index in [9.17, 15) is 4.79 Å². The Balaban J connectivity index is 1.83. The molecule has 148 valence electrons. The van der Waals surface area contributed by atoms with Crippen molar-refractivity contribution in [3.05, 3.63) is 58.1 Å². The van der Waals surface area contributed by atoms with Gasteiger partial charge in [0, 0.05) is 23.3 Å². The molecule has 0 spiro atoms. The first-order valence-electron chi connectivity index (χ1n) is 9.46. The highest BCUT2D eigenvalue weighted by Gasteiger charge is 2.35. The van der Waals surface area contributed by atoms with Crippen molar-refractivity contribution in [2.75, 3.05) is 16.9 Å². The van der Waals surface area contributed by atoms with Crippen molar-refractivity contribution in [3.63, 3.8) is 0 Å². The Morgan fingerprint density at radius 2 is 2.04 bits per heavy atom.